The van der Waals surface area contributed by atoms with Gasteiger partial charge in [0.15, 0.2) is 0 Å². The molecule has 0 aliphatic carbocycles. The molecule has 0 radical (unpaired) electrons. The zero-order chi connectivity index (χ0) is 20.3. The Balaban J connectivity index is 2.07. The van der Waals surface area contributed by atoms with Crippen molar-refractivity contribution in [3.8, 4) is 0 Å². The number of rotatable bonds is 5. The highest BCUT2D eigenvalue weighted by Crippen LogP contribution is 2.39. The number of Topliss-reactive ketones (excluding diaryl/α,β-unsaturated/α-hetero) is 1. The van der Waals surface area contributed by atoms with Crippen molar-refractivity contribution in [3.63, 3.8) is 0 Å². The van der Waals surface area contributed by atoms with Gasteiger partial charge in [0.2, 0.25) is 5.91 Å². The van der Waals surface area contributed by atoms with Crippen molar-refractivity contribution in [1.29, 1.82) is 0 Å². The van der Waals surface area contributed by atoms with E-state index in [0.29, 0.717) is 16.1 Å². The number of aliphatic hydroxyl groups excluding tert-OH is 1. The molecule has 0 saturated carbocycles. The van der Waals surface area contributed by atoms with E-state index in [1.807, 2.05) is 6.07 Å². The maximum atomic E-state index is 12.8. The molecule has 0 aromatic heterocycles. The Bertz CT molecular complexity index is 939. The summed E-state index contributed by atoms with van der Waals surface area (Å²) in [6.07, 6.45) is 0. The highest BCUT2D eigenvalue weighted by molar-refractivity contribution is 6.46. The van der Waals surface area contributed by atoms with Gasteiger partial charge in [0.25, 0.3) is 11.7 Å². The third-order valence-corrected chi connectivity index (χ3v) is 4.75. The summed E-state index contributed by atoms with van der Waals surface area (Å²) in [5.41, 5.74) is 1.10. The third-order valence-electron chi connectivity index (χ3n) is 4.50. The van der Waals surface area contributed by atoms with Gasteiger partial charge in [-0.05, 0) is 29.8 Å². The molecule has 1 fully saturated rings. The molecule has 1 heterocycles. The number of ketones is 1. The number of nitrogens with zero attached hydrogens (tertiary/aromatic N) is 1. The van der Waals surface area contributed by atoms with Crippen molar-refractivity contribution < 1.29 is 19.5 Å². The average molecular weight is 399 g/mol. The van der Waals surface area contributed by atoms with Crippen LogP contribution in [0, 0.1) is 0 Å². The minimum absolute atomic E-state index is 0.0151. The van der Waals surface area contributed by atoms with Crippen LogP contribution in [0.1, 0.15) is 24.1 Å². The molecule has 6 nitrogen and oxygen atoms in total. The van der Waals surface area contributed by atoms with Gasteiger partial charge in [0, 0.05) is 30.6 Å². The second kappa shape index (κ2) is 8.27. The van der Waals surface area contributed by atoms with E-state index < -0.39 is 17.7 Å². The molecule has 1 atom stereocenters. The molecular weight excluding hydrogens is 380 g/mol. The number of aliphatic hydroxyl groups is 1. The van der Waals surface area contributed by atoms with Gasteiger partial charge in [-0.3, -0.25) is 14.4 Å². The molecule has 28 heavy (non-hydrogen) atoms. The molecular formula is C21H19ClN2O4. The molecule has 144 valence electrons. The lowest BCUT2D eigenvalue weighted by Gasteiger charge is -2.25. The first-order chi connectivity index (χ1) is 13.4. The maximum Gasteiger partial charge on any atom is 0.295 e. The summed E-state index contributed by atoms with van der Waals surface area (Å²) in [6, 6.07) is 14.6. The van der Waals surface area contributed by atoms with Crippen molar-refractivity contribution in [1.82, 2.24) is 10.2 Å². The van der Waals surface area contributed by atoms with Crippen LogP contribution in [0.25, 0.3) is 5.76 Å². The molecule has 1 aliphatic heterocycles. The van der Waals surface area contributed by atoms with Crippen LogP contribution in [0.15, 0.2) is 60.2 Å². The highest BCUT2D eigenvalue weighted by atomic mass is 35.5. The fourth-order valence-electron chi connectivity index (χ4n) is 3.21. The number of carbonyl (C=O) groups is 3. The Morgan fingerprint density at radius 2 is 1.75 bits per heavy atom. The second-order valence-electron chi connectivity index (χ2n) is 6.39. The van der Waals surface area contributed by atoms with E-state index in [0.717, 1.165) is 0 Å². The molecule has 0 unspecified atom stereocenters. The summed E-state index contributed by atoms with van der Waals surface area (Å²) in [5.74, 6) is -1.96. The Hall–Kier alpha value is -3.12. The molecule has 3 rings (SSSR count). The summed E-state index contributed by atoms with van der Waals surface area (Å²) in [7, 11) is 0. The summed E-state index contributed by atoms with van der Waals surface area (Å²) in [6.45, 7) is 1.72. The fraction of sp³-hybridized carbons (Fsp3) is 0.190. The van der Waals surface area contributed by atoms with Gasteiger partial charge >= 0.3 is 0 Å². The quantitative estimate of drug-likeness (QED) is 0.460. The van der Waals surface area contributed by atoms with E-state index >= 15 is 0 Å². The maximum absolute atomic E-state index is 12.8. The lowest BCUT2D eigenvalue weighted by molar-refractivity contribution is -0.139. The summed E-state index contributed by atoms with van der Waals surface area (Å²) < 4.78 is 0. The average Bonchev–Trinajstić information content (AvgIpc) is 2.93. The summed E-state index contributed by atoms with van der Waals surface area (Å²) >= 11 is 5.90. The van der Waals surface area contributed by atoms with E-state index in [4.69, 9.17) is 11.6 Å². The van der Waals surface area contributed by atoms with Crippen molar-refractivity contribution >= 4 is 35.0 Å². The SMILES string of the molecule is CC(=O)NCCN1C(=O)C(=O)C(=C(O)c2ccc(Cl)cc2)[C@H]1c1ccccc1. The standard InChI is InChI=1S/C21H19ClN2O4/c1-13(25)23-11-12-24-18(14-5-3-2-4-6-14)17(20(27)21(24)28)19(26)15-7-9-16(22)10-8-15/h2-10,18,26H,11-12H2,1H3,(H,23,25)/t18-/m1/s1. The normalized spacial score (nSPS) is 18.4. The van der Waals surface area contributed by atoms with E-state index in [-0.39, 0.29) is 30.3 Å². The molecule has 1 saturated heterocycles. The van der Waals surface area contributed by atoms with Crippen molar-refractivity contribution in [2.24, 2.45) is 0 Å². The number of carbonyl (C=O) groups excluding carboxylic acids is 3. The number of benzene rings is 2. The van der Waals surface area contributed by atoms with Crippen molar-refractivity contribution in [3.05, 3.63) is 76.3 Å². The predicted molar refractivity (Wildman–Crippen MR) is 106 cm³/mol. The largest absolute Gasteiger partial charge is 0.507 e. The van der Waals surface area contributed by atoms with Crippen LogP contribution in [0.5, 0.6) is 0 Å². The lowest BCUT2D eigenvalue weighted by Crippen LogP contribution is -2.37. The molecule has 2 aromatic carbocycles. The Labute approximate surface area is 167 Å². The van der Waals surface area contributed by atoms with Crippen molar-refractivity contribution in [2.45, 2.75) is 13.0 Å². The first-order valence-electron chi connectivity index (χ1n) is 8.74. The van der Waals surface area contributed by atoms with Gasteiger partial charge in [-0.25, -0.2) is 0 Å². The molecule has 2 amide bonds. The molecule has 0 bridgehead atoms. The molecule has 2 aromatic rings. The second-order valence-corrected chi connectivity index (χ2v) is 6.83. The first kappa shape index (κ1) is 19.6. The first-order valence-corrected chi connectivity index (χ1v) is 9.11. The Morgan fingerprint density at radius 1 is 1.11 bits per heavy atom. The fourth-order valence-corrected chi connectivity index (χ4v) is 3.33. The summed E-state index contributed by atoms with van der Waals surface area (Å²) in [5, 5.41) is 13.9. The Kier molecular flexibility index (Phi) is 5.80. The molecule has 2 N–H and O–H groups in total. The van der Waals surface area contributed by atoms with E-state index in [2.05, 4.69) is 5.32 Å². The number of amides is 2. The minimum Gasteiger partial charge on any atom is -0.507 e. The number of likely N-dealkylation sites (tertiary alicyclic amines) is 1. The minimum atomic E-state index is -0.760. The van der Waals surface area contributed by atoms with Crippen LogP contribution in [0.3, 0.4) is 0 Å². The number of hydrogen-bond donors (Lipinski definition) is 2. The summed E-state index contributed by atoms with van der Waals surface area (Å²) in [4.78, 5) is 37.9. The monoisotopic (exact) mass is 398 g/mol. The van der Waals surface area contributed by atoms with Crippen LogP contribution < -0.4 is 5.32 Å². The van der Waals surface area contributed by atoms with Crippen LogP contribution in [-0.2, 0) is 14.4 Å². The van der Waals surface area contributed by atoms with Gasteiger partial charge in [-0.2, -0.15) is 0 Å². The van der Waals surface area contributed by atoms with Gasteiger partial charge in [-0.15, -0.1) is 0 Å². The third kappa shape index (κ3) is 3.92. The van der Waals surface area contributed by atoms with Gasteiger partial charge in [0.05, 0.1) is 11.6 Å². The zero-order valence-electron chi connectivity index (χ0n) is 15.2. The van der Waals surface area contributed by atoms with Gasteiger partial charge in [-0.1, -0.05) is 41.9 Å². The van der Waals surface area contributed by atoms with Crippen LogP contribution in [-0.4, -0.2) is 40.7 Å². The van der Waals surface area contributed by atoms with Crippen LogP contribution in [0.2, 0.25) is 5.02 Å². The Morgan fingerprint density at radius 3 is 2.36 bits per heavy atom. The molecule has 0 spiro atoms. The van der Waals surface area contributed by atoms with Crippen molar-refractivity contribution in [2.75, 3.05) is 13.1 Å². The number of halogens is 1. The smallest absolute Gasteiger partial charge is 0.295 e. The van der Waals surface area contributed by atoms with E-state index in [9.17, 15) is 19.5 Å². The van der Waals surface area contributed by atoms with Crippen LogP contribution >= 0.6 is 11.6 Å². The van der Waals surface area contributed by atoms with Crippen LogP contribution in [0.4, 0.5) is 0 Å². The van der Waals surface area contributed by atoms with E-state index in [1.165, 1.54) is 11.8 Å². The molecule has 7 heteroatoms. The van der Waals surface area contributed by atoms with Gasteiger partial charge in [0.1, 0.15) is 5.76 Å². The van der Waals surface area contributed by atoms with Gasteiger partial charge < -0.3 is 15.3 Å². The number of hydrogen-bond acceptors (Lipinski definition) is 4. The van der Waals surface area contributed by atoms with E-state index in [1.54, 1.807) is 48.5 Å². The number of nitrogens with one attached hydrogen (secondary N) is 1. The zero-order valence-corrected chi connectivity index (χ0v) is 15.9. The molecule has 1 aliphatic rings. The predicted octanol–water partition coefficient (Wildman–Crippen LogP) is 2.90. The topological polar surface area (TPSA) is 86.7 Å². The highest BCUT2D eigenvalue weighted by Gasteiger charge is 2.45. The lowest BCUT2D eigenvalue weighted by atomic mass is 9.95.